The van der Waals surface area contributed by atoms with Gasteiger partial charge in [-0.1, -0.05) is 0 Å². The van der Waals surface area contributed by atoms with Gasteiger partial charge in [-0.15, -0.1) is 0 Å². The zero-order valence-electron chi connectivity index (χ0n) is 6.62. The zero-order valence-corrected chi connectivity index (χ0v) is 8.93. The van der Waals surface area contributed by atoms with Gasteiger partial charge in [-0.25, -0.2) is 0 Å². The first-order chi connectivity index (χ1) is 5.41. The van der Waals surface area contributed by atoms with E-state index in [0.29, 0.717) is 0 Å². The molecule has 0 saturated carbocycles. The van der Waals surface area contributed by atoms with Crippen LogP contribution in [0.4, 0.5) is 0 Å². The summed E-state index contributed by atoms with van der Waals surface area (Å²) in [7, 11) is 4.43. The fourth-order valence-corrected chi connectivity index (χ4v) is 0.924. The summed E-state index contributed by atoms with van der Waals surface area (Å²) < 4.78 is 14.8. The van der Waals surface area contributed by atoms with Crippen LogP contribution in [0, 0.1) is 0 Å². The van der Waals surface area contributed by atoms with Crippen molar-refractivity contribution < 1.29 is 13.8 Å². The van der Waals surface area contributed by atoms with Crippen molar-refractivity contribution in [3.8, 4) is 0 Å². The maximum absolute atomic E-state index is 5.26. The van der Waals surface area contributed by atoms with Crippen LogP contribution in [0.25, 0.3) is 0 Å². The second kappa shape index (κ2) is 10.7. The molecule has 0 N–H and O–H groups in total. The lowest BCUT2D eigenvalue weighted by atomic mass is 10.5. The maximum atomic E-state index is 5.26. The van der Waals surface area contributed by atoms with Crippen molar-refractivity contribution in [2.75, 3.05) is 26.4 Å². The van der Waals surface area contributed by atoms with Crippen LogP contribution in [0.5, 0.6) is 0 Å². The molecule has 0 aromatic heterocycles. The van der Waals surface area contributed by atoms with E-state index >= 15 is 0 Å². The molecule has 5 heteroatoms. The SMILES string of the molecule is POCCCOCCCOP. The molecule has 0 radical (unpaired) electrons. The first-order valence-electron chi connectivity index (χ1n) is 3.63. The normalized spacial score (nSPS) is 10.4. The molecule has 11 heavy (non-hydrogen) atoms. The van der Waals surface area contributed by atoms with E-state index in [1.807, 2.05) is 0 Å². The molecule has 0 spiro atoms. The van der Waals surface area contributed by atoms with Gasteiger partial charge in [0.25, 0.3) is 0 Å². The fourth-order valence-electron chi connectivity index (χ4n) is 0.591. The smallest absolute Gasteiger partial charge is 0.0523 e. The zero-order chi connectivity index (χ0) is 8.36. The minimum absolute atomic E-state index is 0.741. The third-order valence-corrected chi connectivity index (χ3v) is 1.57. The van der Waals surface area contributed by atoms with Gasteiger partial charge in [-0.3, -0.25) is 0 Å². The minimum Gasteiger partial charge on any atom is -0.381 e. The van der Waals surface area contributed by atoms with Crippen molar-refractivity contribution in [3.63, 3.8) is 0 Å². The quantitative estimate of drug-likeness (QED) is 0.435. The average molecular weight is 198 g/mol. The van der Waals surface area contributed by atoms with E-state index in [2.05, 4.69) is 18.9 Å². The van der Waals surface area contributed by atoms with Crippen LogP contribution in [0.1, 0.15) is 12.8 Å². The molecule has 0 saturated heterocycles. The second-order valence-electron chi connectivity index (χ2n) is 2.06. The van der Waals surface area contributed by atoms with Gasteiger partial charge in [0, 0.05) is 32.1 Å². The molecule has 0 fully saturated rings. The van der Waals surface area contributed by atoms with Crippen molar-refractivity contribution >= 4 is 18.9 Å². The molecule has 0 amide bonds. The maximum Gasteiger partial charge on any atom is 0.0523 e. The van der Waals surface area contributed by atoms with Crippen LogP contribution < -0.4 is 0 Å². The summed E-state index contributed by atoms with van der Waals surface area (Å²) in [6, 6.07) is 0. The first-order valence-corrected chi connectivity index (χ1v) is 4.57. The van der Waals surface area contributed by atoms with Crippen molar-refractivity contribution in [2.24, 2.45) is 0 Å². The molecule has 0 heterocycles. The Balaban J connectivity index is 2.69. The van der Waals surface area contributed by atoms with Gasteiger partial charge < -0.3 is 13.8 Å². The lowest BCUT2D eigenvalue weighted by Crippen LogP contribution is -2.01. The molecular formula is C6H16O3P2. The Hall–Kier alpha value is 0.740. The van der Waals surface area contributed by atoms with Crippen molar-refractivity contribution in [2.45, 2.75) is 12.8 Å². The predicted octanol–water partition coefficient (Wildman–Crippen LogP) is 1.40. The van der Waals surface area contributed by atoms with Gasteiger partial charge in [0.1, 0.15) is 0 Å². The highest BCUT2D eigenvalue weighted by Crippen LogP contribution is 1.92. The molecule has 0 bridgehead atoms. The molecular weight excluding hydrogens is 182 g/mol. The Bertz CT molecular complexity index is 64.8. The van der Waals surface area contributed by atoms with Crippen LogP contribution >= 0.6 is 18.9 Å². The van der Waals surface area contributed by atoms with Crippen LogP contribution in [-0.2, 0) is 13.8 Å². The van der Waals surface area contributed by atoms with Gasteiger partial charge >= 0.3 is 0 Å². The summed E-state index contributed by atoms with van der Waals surface area (Å²) in [5.41, 5.74) is 0. The standard InChI is InChI=1S/C6H16O3P2/c10-8-5-1-3-7-4-2-6-9-11/h1-6,10-11H2. The molecule has 2 unspecified atom stereocenters. The Morgan fingerprint density at radius 2 is 1.18 bits per heavy atom. The third kappa shape index (κ3) is 10.7. The molecule has 68 valence electrons. The molecule has 2 atom stereocenters. The molecule has 0 aromatic rings. The average Bonchev–Trinajstić information content (AvgIpc) is 2.03. The second-order valence-corrected chi connectivity index (χ2v) is 2.73. The van der Waals surface area contributed by atoms with E-state index in [1.165, 1.54) is 0 Å². The van der Waals surface area contributed by atoms with Crippen LogP contribution in [0.3, 0.4) is 0 Å². The molecule has 0 aliphatic heterocycles. The largest absolute Gasteiger partial charge is 0.381 e. The lowest BCUT2D eigenvalue weighted by molar-refractivity contribution is 0.111. The van der Waals surface area contributed by atoms with E-state index in [0.717, 1.165) is 39.3 Å². The van der Waals surface area contributed by atoms with Gasteiger partial charge in [0.05, 0.1) is 13.2 Å². The van der Waals surface area contributed by atoms with Crippen molar-refractivity contribution in [1.29, 1.82) is 0 Å². The van der Waals surface area contributed by atoms with Gasteiger partial charge in [-0.05, 0) is 12.8 Å². The van der Waals surface area contributed by atoms with E-state index in [1.54, 1.807) is 0 Å². The van der Waals surface area contributed by atoms with E-state index in [4.69, 9.17) is 13.8 Å². The van der Waals surface area contributed by atoms with Gasteiger partial charge in [0.2, 0.25) is 0 Å². The Labute approximate surface area is 72.7 Å². The van der Waals surface area contributed by atoms with Gasteiger partial charge in [0.15, 0.2) is 0 Å². The predicted molar refractivity (Wildman–Crippen MR) is 51.4 cm³/mol. The van der Waals surface area contributed by atoms with E-state index < -0.39 is 0 Å². The Morgan fingerprint density at radius 3 is 1.55 bits per heavy atom. The Kier molecular flexibility index (Phi) is 11.5. The van der Waals surface area contributed by atoms with Crippen LogP contribution in [0.15, 0.2) is 0 Å². The Morgan fingerprint density at radius 1 is 0.727 bits per heavy atom. The topological polar surface area (TPSA) is 27.7 Å². The number of hydrogen-bond donors (Lipinski definition) is 0. The van der Waals surface area contributed by atoms with E-state index in [-0.39, 0.29) is 0 Å². The monoisotopic (exact) mass is 198 g/mol. The minimum atomic E-state index is 0.741. The van der Waals surface area contributed by atoms with Crippen molar-refractivity contribution in [3.05, 3.63) is 0 Å². The molecule has 3 nitrogen and oxygen atoms in total. The highest BCUT2D eigenvalue weighted by Gasteiger charge is 1.88. The van der Waals surface area contributed by atoms with Crippen molar-refractivity contribution in [1.82, 2.24) is 0 Å². The van der Waals surface area contributed by atoms with E-state index in [9.17, 15) is 0 Å². The highest BCUT2D eigenvalue weighted by atomic mass is 31.0. The lowest BCUT2D eigenvalue weighted by Gasteiger charge is -2.02. The van der Waals surface area contributed by atoms with Crippen LogP contribution in [-0.4, -0.2) is 26.4 Å². The number of ether oxygens (including phenoxy) is 1. The summed E-state index contributed by atoms with van der Waals surface area (Å²) in [5.74, 6) is 0. The van der Waals surface area contributed by atoms with Gasteiger partial charge in [-0.2, -0.15) is 0 Å². The summed E-state index contributed by atoms with van der Waals surface area (Å²) >= 11 is 0. The summed E-state index contributed by atoms with van der Waals surface area (Å²) in [6.07, 6.45) is 1.90. The molecule has 0 rings (SSSR count). The fraction of sp³-hybridized carbons (Fsp3) is 1.00. The number of rotatable bonds is 8. The summed E-state index contributed by atoms with van der Waals surface area (Å²) in [5, 5.41) is 0. The summed E-state index contributed by atoms with van der Waals surface area (Å²) in [4.78, 5) is 0. The highest BCUT2D eigenvalue weighted by molar-refractivity contribution is 7.10. The molecule has 0 aliphatic carbocycles. The summed E-state index contributed by atoms with van der Waals surface area (Å²) in [6.45, 7) is 3.02. The number of hydrogen-bond acceptors (Lipinski definition) is 3. The molecule has 0 aliphatic rings. The first kappa shape index (κ1) is 11.7. The molecule has 0 aromatic carbocycles. The van der Waals surface area contributed by atoms with Crippen LogP contribution in [0.2, 0.25) is 0 Å². The third-order valence-electron chi connectivity index (χ3n) is 1.10.